The van der Waals surface area contributed by atoms with Gasteiger partial charge >= 0.3 is 5.97 Å². The fraction of sp³-hybridized carbons (Fsp3) is 0.300. The van der Waals surface area contributed by atoms with Gasteiger partial charge < -0.3 is 14.8 Å². The maximum Gasteiger partial charge on any atom is 0.338 e. The number of carbonyl (C=O) groups is 2. The summed E-state index contributed by atoms with van der Waals surface area (Å²) in [5.41, 5.74) is 1.45. The Morgan fingerprint density at radius 3 is 2.36 bits per heavy atom. The highest BCUT2D eigenvalue weighted by Gasteiger charge is 2.11. The molecule has 0 fully saturated rings. The molecule has 0 aliphatic carbocycles. The van der Waals surface area contributed by atoms with Crippen molar-refractivity contribution in [3.05, 3.63) is 65.7 Å². The van der Waals surface area contributed by atoms with Crippen molar-refractivity contribution in [2.24, 2.45) is 0 Å². The molecule has 132 valence electrons. The van der Waals surface area contributed by atoms with E-state index in [4.69, 9.17) is 9.47 Å². The van der Waals surface area contributed by atoms with E-state index in [1.54, 1.807) is 24.3 Å². The van der Waals surface area contributed by atoms with Gasteiger partial charge in [0.2, 0.25) is 0 Å². The summed E-state index contributed by atoms with van der Waals surface area (Å²) in [6.07, 6.45) is 0.824. The summed E-state index contributed by atoms with van der Waals surface area (Å²) >= 11 is 0. The molecule has 1 unspecified atom stereocenters. The predicted octanol–water partition coefficient (Wildman–Crippen LogP) is 3.34. The number of carbonyl (C=O) groups excluding carboxylic acids is 2. The van der Waals surface area contributed by atoms with Crippen LogP contribution < -0.4 is 10.1 Å². The van der Waals surface area contributed by atoms with Gasteiger partial charge in [-0.15, -0.1) is 0 Å². The number of nitrogens with one attached hydrogen (secondary N) is 1. The van der Waals surface area contributed by atoms with E-state index in [-0.39, 0.29) is 18.6 Å². The molecule has 5 nitrogen and oxygen atoms in total. The summed E-state index contributed by atoms with van der Waals surface area (Å²) < 4.78 is 10.7. The second-order valence-electron chi connectivity index (χ2n) is 5.75. The Kier molecular flexibility index (Phi) is 7.01. The van der Waals surface area contributed by atoms with Crippen molar-refractivity contribution in [2.45, 2.75) is 32.9 Å². The van der Waals surface area contributed by atoms with E-state index >= 15 is 0 Å². The Morgan fingerprint density at radius 2 is 1.72 bits per heavy atom. The average Bonchev–Trinajstić information content (AvgIpc) is 2.65. The van der Waals surface area contributed by atoms with Gasteiger partial charge in [0.15, 0.2) is 6.61 Å². The molecule has 5 heteroatoms. The second kappa shape index (κ2) is 9.47. The van der Waals surface area contributed by atoms with E-state index in [9.17, 15) is 9.59 Å². The van der Waals surface area contributed by atoms with Gasteiger partial charge in [-0.1, -0.05) is 37.3 Å². The molecule has 1 N–H and O–H groups in total. The van der Waals surface area contributed by atoms with Crippen LogP contribution >= 0.6 is 0 Å². The highest BCUT2D eigenvalue weighted by atomic mass is 16.5. The van der Waals surface area contributed by atoms with Gasteiger partial charge in [-0.05, 0) is 43.2 Å². The van der Waals surface area contributed by atoms with Crippen molar-refractivity contribution >= 4 is 11.9 Å². The van der Waals surface area contributed by atoms with Crippen LogP contribution in [0.5, 0.6) is 5.75 Å². The maximum absolute atomic E-state index is 12.0. The van der Waals surface area contributed by atoms with Crippen LogP contribution in [0.4, 0.5) is 0 Å². The van der Waals surface area contributed by atoms with Gasteiger partial charge in [0.05, 0.1) is 5.56 Å². The van der Waals surface area contributed by atoms with Crippen LogP contribution in [0.15, 0.2) is 54.6 Å². The Hall–Kier alpha value is -2.82. The first kappa shape index (κ1) is 18.5. The summed E-state index contributed by atoms with van der Waals surface area (Å²) in [6.45, 7) is 4.04. The number of hydrogen-bond donors (Lipinski definition) is 1. The topological polar surface area (TPSA) is 64.6 Å². The number of hydrogen-bond acceptors (Lipinski definition) is 4. The number of ether oxygens (including phenoxy) is 2. The van der Waals surface area contributed by atoms with Crippen molar-refractivity contribution in [3.63, 3.8) is 0 Å². The molecule has 0 heterocycles. The molecule has 1 atom stereocenters. The highest BCUT2D eigenvalue weighted by molar-refractivity contribution is 5.91. The van der Waals surface area contributed by atoms with Crippen LogP contribution in [-0.2, 0) is 16.1 Å². The lowest BCUT2D eigenvalue weighted by molar-refractivity contribution is -0.124. The minimum atomic E-state index is -0.533. The molecule has 25 heavy (non-hydrogen) atoms. The first-order valence-electron chi connectivity index (χ1n) is 8.31. The number of benzene rings is 2. The molecule has 0 spiro atoms. The Balaban J connectivity index is 1.80. The minimum Gasteiger partial charge on any atom is -0.489 e. The summed E-state index contributed by atoms with van der Waals surface area (Å²) in [5.74, 6) is -0.172. The van der Waals surface area contributed by atoms with E-state index in [0.29, 0.717) is 17.9 Å². The smallest absolute Gasteiger partial charge is 0.338 e. The van der Waals surface area contributed by atoms with E-state index in [2.05, 4.69) is 5.32 Å². The molecule has 2 rings (SSSR count). The molecule has 0 aromatic heterocycles. The first-order valence-corrected chi connectivity index (χ1v) is 8.31. The van der Waals surface area contributed by atoms with Crippen molar-refractivity contribution in [1.82, 2.24) is 5.32 Å². The number of rotatable bonds is 8. The van der Waals surface area contributed by atoms with E-state index in [0.717, 1.165) is 12.0 Å². The third kappa shape index (κ3) is 6.30. The zero-order valence-corrected chi connectivity index (χ0v) is 14.5. The standard InChI is InChI=1S/C20H23NO4/c1-3-15(2)21-19(22)14-25-20(23)17-9-11-18(12-10-17)24-13-16-7-5-4-6-8-16/h4-12,15H,3,13-14H2,1-2H3,(H,21,22). The fourth-order valence-corrected chi connectivity index (χ4v) is 2.06. The monoisotopic (exact) mass is 341 g/mol. The number of amides is 1. The zero-order chi connectivity index (χ0) is 18.1. The van der Waals surface area contributed by atoms with Gasteiger partial charge in [0.25, 0.3) is 5.91 Å². The lowest BCUT2D eigenvalue weighted by Crippen LogP contribution is -2.35. The third-order valence-corrected chi connectivity index (χ3v) is 3.69. The molecule has 0 bridgehead atoms. The van der Waals surface area contributed by atoms with Crippen molar-refractivity contribution in [2.75, 3.05) is 6.61 Å². The van der Waals surface area contributed by atoms with Crippen molar-refractivity contribution < 1.29 is 19.1 Å². The molecule has 2 aromatic rings. The third-order valence-electron chi connectivity index (χ3n) is 3.69. The Labute approximate surface area is 148 Å². The molecule has 0 aliphatic rings. The number of esters is 1. The zero-order valence-electron chi connectivity index (χ0n) is 14.5. The molecule has 0 radical (unpaired) electrons. The molecule has 0 saturated carbocycles. The summed E-state index contributed by atoms with van der Waals surface area (Å²) in [7, 11) is 0. The molecular weight excluding hydrogens is 318 g/mol. The Bertz CT molecular complexity index is 683. The van der Waals surface area contributed by atoms with Crippen molar-refractivity contribution in [1.29, 1.82) is 0 Å². The van der Waals surface area contributed by atoms with E-state index in [1.165, 1.54) is 0 Å². The SMILES string of the molecule is CCC(C)NC(=O)COC(=O)c1ccc(OCc2ccccc2)cc1. The molecule has 0 aliphatic heterocycles. The predicted molar refractivity (Wildman–Crippen MR) is 95.4 cm³/mol. The van der Waals surface area contributed by atoms with Gasteiger partial charge in [-0.25, -0.2) is 4.79 Å². The molecule has 0 saturated heterocycles. The van der Waals surface area contributed by atoms with Crippen LogP contribution in [0.2, 0.25) is 0 Å². The van der Waals surface area contributed by atoms with Gasteiger partial charge in [0, 0.05) is 6.04 Å². The summed E-state index contributed by atoms with van der Waals surface area (Å²) in [6, 6.07) is 16.5. The summed E-state index contributed by atoms with van der Waals surface area (Å²) in [5, 5.41) is 2.74. The van der Waals surface area contributed by atoms with E-state index in [1.807, 2.05) is 44.2 Å². The minimum absolute atomic E-state index is 0.0623. The molecule has 2 aromatic carbocycles. The maximum atomic E-state index is 12.0. The van der Waals surface area contributed by atoms with Crippen LogP contribution in [-0.4, -0.2) is 24.5 Å². The van der Waals surface area contributed by atoms with Crippen LogP contribution in [0.1, 0.15) is 36.2 Å². The quantitative estimate of drug-likeness (QED) is 0.748. The van der Waals surface area contributed by atoms with Crippen molar-refractivity contribution in [3.8, 4) is 5.75 Å². The Morgan fingerprint density at radius 1 is 1.04 bits per heavy atom. The lowest BCUT2D eigenvalue weighted by Gasteiger charge is -2.11. The fourth-order valence-electron chi connectivity index (χ4n) is 2.06. The van der Waals surface area contributed by atoms with Crippen LogP contribution in [0.3, 0.4) is 0 Å². The normalized spacial score (nSPS) is 11.4. The average molecular weight is 341 g/mol. The second-order valence-corrected chi connectivity index (χ2v) is 5.75. The molecular formula is C20H23NO4. The highest BCUT2D eigenvalue weighted by Crippen LogP contribution is 2.15. The van der Waals surface area contributed by atoms with Crippen LogP contribution in [0.25, 0.3) is 0 Å². The van der Waals surface area contributed by atoms with Gasteiger partial charge in [0.1, 0.15) is 12.4 Å². The lowest BCUT2D eigenvalue weighted by atomic mass is 10.2. The van der Waals surface area contributed by atoms with Gasteiger partial charge in [-0.2, -0.15) is 0 Å². The largest absolute Gasteiger partial charge is 0.489 e. The van der Waals surface area contributed by atoms with Crippen LogP contribution in [0, 0.1) is 0 Å². The molecule has 1 amide bonds. The first-order chi connectivity index (χ1) is 12.1. The van der Waals surface area contributed by atoms with Gasteiger partial charge in [-0.3, -0.25) is 4.79 Å². The van der Waals surface area contributed by atoms with E-state index < -0.39 is 5.97 Å². The summed E-state index contributed by atoms with van der Waals surface area (Å²) in [4.78, 5) is 23.6.